The number of hydrogen-bond donors (Lipinski definition) is 2. The van der Waals surface area contributed by atoms with Crippen molar-refractivity contribution in [1.29, 1.82) is 0 Å². The molecule has 0 spiro atoms. The third-order valence-electron chi connectivity index (χ3n) is 4.23. The summed E-state index contributed by atoms with van der Waals surface area (Å²) in [6.45, 7) is 5.58. The van der Waals surface area contributed by atoms with Gasteiger partial charge in [0, 0.05) is 42.3 Å². The van der Waals surface area contributed by atoms with E-state index in [-0.39, 0.29) is 12.5 Å². The van der Waals surface area contributed by atoms with Gasteiger partial charge in [-0.3, -0.25) is 9.78 Å². The van der Waals surface area contributed by atoms with Gasteiger partial charge in [0.25, 0.3) is 5.91 Å². The first-order valence-corrected chi connectivity index (χ1v) is 8.95. The number of β-amino-alcohol motifs (C(OH)–C–C–N with tert-alkyl or cyclic N) is 1. The maximum absolute atomic E-state index is 12.3. The number of rotatable bonds is 5. The summed E-state index contributed by atoms with van der Waals surface area (Å²) in [5, 5.41) is 15.4. The normalized spacial score (nSPS) is 20.6. The third-order valence-corrected chi connectivity index (χ3v) is 5.47. The Morgan fingerprint density at radius 3 is 3.00 bits per heavy atom. The molecule has 0 bridgehead atoms. The number of carbonyl (C=O) groups is 1. The van der Waals surface area contributed by atoms with E-state index in [0.717, 1.165) is 5.82 Å². The van der Waals surface area contributed by atoms with Gasteiger partial charge in [-0.2, -0.15) is 0 Å². The van der Waals surface area contributed by atoms with E-state index in [1.807, 2.05) is 16.3 Å². The highest BCUT2D eigenvalue weighted by Gasteiger charge is 2.37. The molecule has 1 aliphatic rings. The number of anilines is 1. The monoisotopic (exact) mass is 346 g/mol. The first kappa shape index (κ1) is 16.9. The molecule has 1 saturated heterocycles. The maximum atomic E-state index is 12.3. The summed E-state index contributed by atoms with van der Waals surface area (Å²) < 4.78 is 0. The first-order chi connectivity index (χ1) is 11.5. The molecule has 0 saturated carbocycles. The predicted molar refractivity (Wildman–Crippen MR) is 94.6 cm³/mol. The topological polar surface area (TPSA) is 78.4 Å². The van der Waals surface area contributed by atoms with Crippen molar-refractivity contribution in [3.63, 3.8) is 0 Å². The average molecular weight is 346 g/mol. The molecular formula is C17H22N4O2S. The van der Waals surface area contributed by atoms with Crippen molar-refractivity contribution < 1.29 is 9.90 Å². The van der Waals surface area contributed by atoms with E-state index in [2.05, 4.69) is 29.1 Å². The highest BCUT2D eigenvalue weighted by molar-refractivity contribution is 7.10. The van der Waals surface area contributed by atoms with E-state index in [9.17, 15) is 9.90 Å². The molecule has 0 aliphatic carbocycles. The molecule has 6 nitrogen and oxygen atoms in total. The number of hydrogen-bond acceptors (Lipinski definition) is 6. The molecule has 3 heterocycles. The Balaban J connectivity index is 1.57. The van der Waals surface area contributed by atoms with Gasteiger partial charge in [0.1, 0.15) is 11.4 Å². The minimum atomic E-state index is -0.940. The van der Waals surface area contributed by atoms with Crippen molar-refractivity contribution >= 4 is 23.1 Å². The lowest BCUT2D eigenvalue weighted by molar-refractivity contribution is 0.0576. The lowest BCUT2D eigenvalue weighted by atomic mass is 10.0. The lowest BCUT2D eigenvalue weighted by Gasteiger charge is -2.24. The van der Waals surface area contributed by atoms with Crippen LogP contribution in [-0.2, 0) is 0 Å². The van der Waals surface area contributed by atoms with E-state index >= 15 is 0 Å². The van der Waals surface area contributed by atoms with Crippen LogP contribution >= 0.6 is 11.3 Å². The summed E-state index contributed by atoms with van der Waals surface area (Å²) in [6.07, 6.45) is 5.53. The summed E-state index contributed by atoms with van der Waals surface area (Å²) in [6, 6.07) is 1.93. The zero-order valence-electron chi connectivity index (χ0n) is 13.9. The van der Waals surface area contributed by atoms with Crippen LogP contribution in [0.4, 0.5) is 5.82 Å². The fourth-order valence-electron chi connectivity index (χ4n) is 2.77. The van der Waals surface area contributed by atoms with Crippen molar-refractivity contribution in [3.8, 4) is 0 Å². The second kappa shape index (κ2) is 6.86. The van der Waals surface area contributed by atoms with Gasteiger partial charge in [-0.1, -0.05) is 13.8 Å². The van der Waals surface area contributed by atoms with Crippen molar-refractivity contribution in [2.45, 2.75) is 31.8 Å². The smallest absolute Gasteiger partial charge is 0.252 e. The van der Waals surface area contributed by atoms with Crippen LogP contribution < -0.4 is 10.2 Å². The Hall–Kier alpha value is -1.99. The number of carbonyl (C=O) groups excluding carboxylic acids is 1. The summed E-state index contributed by atoms with van der Waals surface area (Å²) in [4.78, 5) is 23.8. The number of amides is 1. The molecule has 7 heteroatoms. The van der Waals surface area contributed by atoms with Crippen LogP contribution in [0.2, 0.25) is 0 Å². The largest absolute Gasteiger partial charge is 0.386 e. The molecule has 2 aromatic rings. The second-order valence-electron chi connectivity index (χ2n) is 6.53. The number of aromatic nitrogens is 2. The zero-order chi connectivity index (χ0) is 17.2. The summed E-state index contributed by atoms with van der Waals surface area (Å²) in [7, 11) is 0. The molecule has 24 heavy (non-hydrogen) atoms. The quantitative estimate of drug-likeness (QED) is 0.866. The van der Waals surface area contributed by atoms with Crippen LogP contribution in [0, 0.1) is 0 Å². The number of aliphatic hydroxyl groups is 1. The fraction of sp³-hybridized carbons (Fsp3) is 0.471. The van der Waals surface area contributed by atoms with Gasteiger partial charge in [-0.15, -0.1) is 11.3 Å². The van der Waals surface area contributed by atoms with Crippen LogP contribution in [0.25, 0.3) is 0 Å². The van der Waals surface area contributed by atoms with Crippen molar-refractivity contribution in [2.75, 3.05) is 24.5 Å². The number of nitrogens with one attached hydrogen (secondary N) is 1. The fourth-order valence-corrected chi connectivity index (χ4v) is 3.68. The highest BCUT2D eigenvalue weighted by atomic mass is 32.1. The second-order valence-corrected chi connectivity index (χ2v) is 7.48. The van der Waals surface area contributed by atoms with E-state index in [4.69, 9.17) is 0 Å². The first-order valence-electron chi connectivity index (χ1n) is 8.07. The molecule has 0 aromatic carbocycles. The van der Waals surface area contributed by atoms with Gasteiger partial charge in [-0.25, -0.2) is 4.98 Å². The molecule has 0 radical (unpaired) electrons. The molecule has 128 valence electrons. The van der Waals surface area contributed by atoms with Gasteiger partial charge in [0.2, 0.25) is 0 Å². The average Bonchev–Trinajstić information content (AvgIpc) is 3.21. The minimum Gasteiger partial charge on any atom is -0.386 e. The van der Waals surface area contributed by atoms with Crippen molar-refractivity contribution in [1.82, 2.24) is 15.3 Å². The molecule has 1 unspecified atom stereocenters. The molecule has 1 atom stereocenters. The molecule has 1 amide bonds. The van der Waals surface area contributed by atoms with Crippen LogP contribution in [0.1, 0.15) is 41.4 Å². The van der Waals surface area contributed by atoms with Crippen LogP contribution in [0.15, 0.2) is 30.0 Å². The van der Waals surface area contributed by atoms with Gasteiger partial charge < -0.3 is 15.3 Å². The Kier molecular flexibility index (Phi) is 4.82. The minimum absolute atomic E-state index is 0.135. The van der Waals surface area contributed by atoms with Crippen LogP contribution in [0.5, 0.6) is 0 Å². The predicted octanol–water partition coefficient (Wildman–Crippen LogP) is 2.03. The third kappa shape index (κ3) is 3.73. The Bertz CT molecular complexity index is 704. The number of thiophene rings is 1. The highest BCUT2D eigenvalue weighted by Crippen LogP contribution is 2.25. The van der Waals surface area contributed by atoms with Gasteiger partial charge >= 0.3 is 0 Å². The van der Waals surface area contributed by atoms with Crippen molar-refractivity contribution in [3.05, 3.63) is 40.5 Å². The Morgan fingerprint density at radius 1 is 1.50 bits per heavy atom. The molecule has 1 aliphatic heterocycles. The number of nitrogens with zero attached hydrogens (tertiary/aromatic N) is 3. The van der Waals surface area contributed by atoms with E-state index in [1.54, 1.807) is 29.9 Å². The van der Waals surface area contributed by atoms with E-state index < -0.39 is 5.60 Å². The molecular weight excluding hydrogens is 324 g/mol. The summed E-state index contributed by atoms with van der Waals surface area (Å²) in [5.41, 5.74) is -0.277. The van der Waals surface area contributed by atoms with E-state index in [0.29, 0.717) is 31.0 Å². The molecule has 3 rings (SSSR count). The summed E-state index contributed by atoms with van der Waals surface area (Å²) in [5.74, 6) is 1.03. The van der Waals surface area contributed by atoms with Gasteiger partial charge in [-0.05, 0) is 18.4 Å². The zero-order valence-corrected chi connectivity index (χ0v) is 14.7. The van der Waals surface area contributed by atoms with Crippen LogP contribution in [0.3, 0.4) is 0 Å². The standard InChI is InChI=1S/C17H22N4O2S/c1-12(2)14-7-13(9-24-14)16(22)20-10-17(23)3-6-21(11-17)15-8-18-4-5-19-15/h4-5,7-9,12,23H,3,6,10-11H2,1-2H3,(H,20,22). The van der Waals surface area contributed by atoms with Gasteiger partial charge in [0.15, 0.2) is 0 Å². The lowest BCUT2D eigenvalue weighted by Crippen LogP contribution is -2.45. The molecule has 2 aromatic heterocycles. The van der Waals surface area contributed by atoms with Crippen molar-refractivity contribution in [2.24, 2.45) is 0 Å². The molecule has 2 N–H and O–H groups in total. The molecule has 1 fully saturated rings. The van der Waals surface area contributed by atoms with Crippen LogP contribution in [-0.4, -0.2) is 46.2 Å². The summed E-state index contributed by atoms with van der Waals surface area (Å²) >= 11 is 1.59. The maximum Gasteiger partial charge on any atom is 0.252 e. The van der Waals surface area contributed by atoms with E-state index in [1.165, 1.54) is 4.88 Å². The Morgan fingerprint density at radius 2 is 2.33 bits per heavy atom. The van der Waals surface area contributed by atoms with Gasteiger partial charge in [0.05, 0.1) is 11.8 Å². The Labute approximate surface area is 145 Å². The SMILES string of the molecule is CC(C)c1cc(C(=O)NCC2(O)CCN(c3cnccn3)C2)cs1.